The van der Waals surface area contributed by atoms with Gasteiger partial charge in [-0.05, 0) is 19.1 Å². The third-order valence-electron chi connectivity index (χ3n) is 2.62. The molecule has 0 amide bonds. The Morgan fingerprint density at radius 2 is 2.17 bits per heavy atom. The fourth-order valence-electron chi connectivity index (χ4n) is 1.78. The lowest BCUT2D eigenvalue weighted by atomic mass is 10.2. The van der Waals surface area contributed by atoms with Crippen molar-refractivity contribution < 1.29 is 9.53 Å². The molecule has 1 N–H and O–H groups in total. The van der Waals surface area contributed by atoms with Gasteiger partial charge in [0, 0.05) is 21.4 Å². The van der Waals surface area contributed by atoms with E-state index in [0.717, 1.165) is 5.56 Å². The minimum atomic E-state index is -0.299. The second-order valence-electron chi connectivity index (χ2n) is 3.82. The van der Waals surface area contributed by atoms with E-state index in [1.54, 1.807) is 36.9 Å². The van der Waals surface area contributed by atoms with Gasteiger partial charge >= 0.3 is 5.97 Å². The van der Waals surface area contributed by atoms with E-state index >= 15 is 0 Å². The number of thioether (sulfide) groups is 1. The van der Waals surface area contributed by atoms with Crippen LogP contribution in [0.15, 0.2) is 18.2 Å². The Labute approximate surface area is 120 Å². The summed E-state index contributed by atoms with van der Waals surface area (Å²) in [6, 6.07) is 5.09. The zero-order chi connectivity index (χ0) is 13.1. The summed E-state index contributed by atoms with van der Waals surface area (Å²) in [4.78, 5) is 11.6. The normalized spacial score (nSPS) is 23.1. The molecule has 1 aliphatic heterocycles. The summed E-state index contributed by atoms with van der Waals surface area (Å²) >= 11 is 13.9. The Balaban J connectivity index is 2.11. The fourth-order valence-corrected chi connectivity index (χ4v) is 3.82. The third-order valence-corrected chi connectivity index (χ3v) is 4.51. The van der Waals surface area contributed by atoms with Gasteiger partial charge in [0.2, 0.25) is 0 Å². The average Bonchev–Trinajstić information content (AvgIpc) is 2.78. The van der Waals surface area contributed by atoms with Crippen LogP contribution in [0.4, 0.5) is 0 Å². The predicted molar refractivity (Wildman–Crippen MR) is 75.2 cm³/mol. The lowest BCUT2D eigenvalue weighted by molar-refractivity contribution is -0.144. The van der Waals surface area contributed by atoms with Crippen LogP contribution in [-0.2, 0) is 9.53 Å². The van der Waals surface area contributed by atoms with Gasteiger partial charge in [-0.25, -0.2) is 0 Å². The number of rotatable bonds is 3. The summed E-state index contributed by atoms with van der Waals surface area (Å²) in [5.74, 6) is 0.432. The number of carbonyl (C=O) groups is 1. The highest BCUT2D eigenvalue weighted by atomic mass is 35.5. The van der Waals surface area contributed by atoms with E-state index in [1.165, 1.54) is 0 Å². The highest BCUT2D eigenvalue weighted by Gasteiger charge is 2.33. The van der Waals surface area contributed by atoms with Crippen molar-refractivity contribution in [1.82, 2.24) is 5.32 Å². The minimum Gasteiger partial charge on any atom is -0.465 e. The fraction of sp³-hybridized carbons (Fsp3) is 0.417. The van der Waals surface area contributed by atoms with Crippen LogP contribution < -0.4 is 5.32 Å². The number of carbonyl (C=O) groups excluding carboxylic acids is 1. The maximum absolute atomic E-state index is 11.6. The summed E-state index contributed by atoms with van der Waals surface area (Å²) in [6.45, 7) is 2.18. The molecule has 2 rings (SSSR count). The van der Waals surface area contributed by atoms with Gasteiger partial charge in [0.1, 0.15) is 6.04 Å². The molecule has 0 aromatic heterocycles. The molecule has 3 nitrogen and oxygen atoms in total. The number of hydrogen-bond acceptors (Lipinski definition) is 4. The maximum Gasteiger partial charge on any atom is 0.324 e. The van der Waals surface area contributed by atoms with Crippen LogP contribution in [-0.4, -0.2) is 24.4 Å². The Hall–Kier alpha value is -0.420. The number of esters is 1. The van der Waals surface area contributed by atoms with Crippen molar-refractivity contribution in [2.45, 2.75) is 18.3 Å². The monoisotopic (exact) mass is 305 g/mol. The lowest BCUT2D eigenvalue weighted by Gasteiger charge is -2.15. The van der Waals surface area contributed by atoms with Gasteiger partial charge in [-0.15, -0.1) is 11.8 Å². The number of benzene rings is 1. The van der Waals surface area contributed by atoms with Crippen molar-refractivity contribution in [3.8, 4) is 0 Å². The summed E-state index contributed by atoms with van der Waals surface area (Å²) in [5, 5.41) is 4.34. The van der Waals surface area contributed by atoms with E-state index in [-0.39, 0.29) is 17.4 Å². The van der Waals surface area contributed by atoms with Crippen LogP contribution in [0.1, 0.15) is 17.9 Å². The molecule has 1 saturated heterocycles. The van der Waals surface area contributed by atoms with Crippen molar-refractivity contribution in [1.29, 1.82) is 0 Å². The van der Waals surface area contributed by atoms with E-state index in [1.807, 2.05) is 0 Å². The van der Waals surface area contributed by atoms with Gasteiger partial charge in [0.05, 0.1) is 12.0 Å². The first-order valence-electron chi connectivity index (χ1n) is 5.61. The molecule has 0 spiro atoms. The molecule has 1 aliphatic rings. The smallest absolute Gasteiger partial charge is 0.324 e. The molecule has 0 saturated carbocycles. The molecule has 0 aliphatic carbocycles. The lowest BCUT2D eigenvalue weighted by Crippen LogP contribution is -2.35. The van der Waals surface area contributed by atoms with Gasteiger partial charge in [-0.1, -0.05) is 29.3 Å². The van der Waals surface area contributed by atoms with Crippen LogP contribution >= 0.6 is 35.0 Å². The molecule has 0 radical (unpaired) electrons. The second-order valence-corrected chi connectivity index (χ2v) is 5.77. The molecule has 1 heterocycles. The van der Waals surface area contributed by atoms with E-state index in [2.05, 4.69) is 5.32 Å². The van der Waals surface area contributed by atoms with Crippen molar-refractivity contribution in [2.75, 3.05) is 12.4 Å². The molecular weight excluding hydrogens is 293 g/mol. The van der Waals surface area contributed by atoms with Crippen molar-refractivity contribution in [3.05, 3.63) is 33.8 Å². The summed E-state index contributed by atoms with van der Waals surface area (Å²) in [5.41, 5.74) is 0.831. The van der Waals surface area contributed by atoms with Gasteiger partial charge in [-0.2, -0.15) is 0 Å². The molecule has 6 heteroatoms. The van der Waals surface area contributed by atoms with Crippen LogP contribution in [0.3, 0.4) is 0 Å². The first-order valence-corrected chi connectivity index (χ1v) is 7.42. The van der Waals surface area contributed by atoms with Crippen molar-refractivity contribution in [2.24, 2.45) is 0 Å². The number of nitrogens with one attached hydrogen (secondary N) is 1. The Bertz CT molecular complexity index is 435. The van der Waals surface area contributed by atoms with E-state index in [4.69, 9.17) is 27.9 Å². The molecule has 98 valence electrons. The van der Waals surface area contributed by atoms with E-state index < -0.39 is 0 Å². The first-order chi connectivity index (χ1) is 8.63. The van der Waals surface area contributed by atoms with Gasteiger partial charge in [-0.3, -0.25) is 10.1 Å². The van der Waals surface area contributed by atoms with Gasteiger partial charge in [0.15, 0.2) is 0 Å². The molecule has 2 atom stereocenters. The highest BCUT2D eigenvalue weighted by molar-refractivity contribution is 7.99. The van der Waals surface area contributed by atoms with Gasteiger partial charge in [0.25, 0.3) is 0 Å². The summed E-state index contributed by atoms with van der Waals surface area (Å²) in [6.07, 6.45) is 0. The van der Waals surface area contributed by atoms with Crippen molar-refractivity contribution >= 4 is 40.9 Å². The molecule has 1 aromatic rings. The SMILES string of the molecule is CCOC(=O)[C@H]1CSC(c2c(Cl)cccc2Cl)N1. The highest BCUT2D eigenvalue weighted by Crippen LogP contribution is 2.40. The predicted octanol–water partition coefficient (Wildman–Crippen LogP) is 3.26. The molecule has 1 fully saturated rings. The molecular formula is C12H13Cl2NO2S. The maximum atomic E-state index is 11.6. The topological polar surface area (TPSA) is 38.3 Å². The summed E-state index contributed by atoms with van der Waals surface area (Å²) in [7, 11) is 0. The average molecular weight is 306 g/mol. The molecule has 1 unspecified atom stereocenters. The minimum absolute atomic E-state index is 0.0689. The number of hydrogen-bond donors (Lipinski definition) is 1. The van der Waals surface area contributed by atoms with Gasteiger partial charge < -0.3 is 4.74 Å². The van der Waals surface area contributed by atoms with Crippen LogP contribution in [0.2, 0.25) is 10.0 Å². The van der Waals surface area contributed by atoms with E-state index in [9.17, 15) is 4.79 Å². The van der Waals surface area contributed by atoms with E-state index in [0.29, 0.717) is 22.4 Å². The zero-order valence-corrected chi connectivity index (χ0v) is 12.1. The largest absolute Gasteiger partial charge is 0.465 e. The zero-order valence-electron chi connectivity index (χ0n) is 9.78. The standard InChI is InChI=1S/C12H13Cl2NO2S/c1-2-17-12(16)9-6-18-11(15-9)10-7(13)4-3-5-8(10)14/h3-5,9,11,15H,2,6H2,1H3/t9-,11?/m1/s1. The number of halogens is 2. The Kier molecular flexibility index (Phi) is 4.78. The Morgan fingerprint density at radius 3 is 2.78 bits per heavy atom. The van der Waals surface area contributed by atoms with Crippen LogP contribution in [0.5, 0.6) is 0 Å². The summed E-state index contributed by atoms with van der Waals surface area (Å²) < 4.78 is 4.99. The molecule has 0 bridgehead atoms. The first kappa shape index (κ1) is 14.0. The van der Waals surface area contributed by atoms with Crippen LogP contribution in [0, 0.1) is 0 Å². The number of ether oxygens (including phenoxy) is 1. The van der Waals surface area contributed by atoms with Crippen LogP contribution in [0.25, 0.3) is 0 Å². The molecule has 18 heavy (non-hydrogen) atoms. The quantitative estimate of drug-likeness (QED) is 0.870. The molecule has 1 aromatic carbocycles. The third kappa shape index (κ3) is 2.94. The Morgan fingerprint density at radius 1 is 1.50 bits per heavy atom. The van der Waals surface area contributed by atoms with Crippen molar-refractivity contribution in [3.63, 3.8) is 0 Å². The second kappa shape index (κ2) is 6.15.